The van der Waals surface area contributed by atoms with E-state index in [2.05, 4.69) is 14.1 Å². The van der Waals surface area contributed by atoms with Gasteiger partial charge in [0.1, 0.15) is 6.54 Å². The number of carbonyl (C=O) groups is 1. The molecule has 21 heavy (non-hydrogen) atoms. The lowest BCUT2D eigenvalue weighted by Gasteiger charge is -2.28. The van der Waals surface area contributed by atoms with Crippen LogP contribution in [-0.4, -0.2) is 59.9 Å². The summed E-state index contributed by atoms with van der Waals surface area (Å²) in [7, 11) is 4.35. The molecule has 0 heterocycles. The number of quaternary nitrogens is 1. The Morgan fingerprint density at radius 1 is 0.810 bits per heavy atom. The maximum atomic E-state index is 10.3. The van der Waals surface area contributed by atoms with Gasteiger partial charge in [-0.15, -0.1) is 0 Å². The van der Waals surface area contributed by atoms with Gasteiger partial charge in [0.25, 0.3) is 0 Å². The van der Waals surface area contributed by atoms with E-state index in [-0.39, 0.29) is 12.1 Å². The number of aliphatic hydroxyl groups excluding tert-OH is 1. The van der Waals surface area contributed by atoms with Crippen molar-refractivity contribution in [3.63, 3.8) is 0 Å². The Morgan fingerprint density at radius 2 is 1.24 bits per heavy atom. The standard InChI is InChI=1S/C16H33NO3.H2O/c1-17(2,14-15-18)13-11-9-7-5-3-4-6-8-10-12-16(19)20;/h18H,3-15H2,1-2H3;1H2. The molecule has 3 N–H and O–H groups in total. The number of hydrogen-bond acceptors (Lipinski definition) is 3. The number of nitrogens with zero attached hydrogens (tertiary/aromatic N) is 1. The third-order valence-electron chi connectivity index (χ3n) is 3.86. The number of carboxylic acid groups (broad SMARTS) is 1. The van der Waals surface area contributed by atoms with Crippen molar-refractivity contribution >= 4 is 5.97 Å². The highest BCUT2D eigenvalue weighted by Gasteiger charge is 2.12. The first-order valence-corrected chi connectivity index (χ1v) is 8.12. The van der Waals surface area contributed by atoms with E-state index >= 15 is 0 Å². The van der Waals surface area contributed by atoms with E-state index in [1.807, 2.05) is 0 Å². The molecule has 0 bridgehead atoms. The maximum absolute atomic E-state index is 10.3. The van der Waals surface area contributed by atoms with E-state index in [0.29, 0.717) is 6.42 Å². The van der Waals surface area contributed by atoms with Crippen LogP contribution in [0.1, 0.15) is 64.2 Å². The first-order chi connectivity index (χ1) is 9.48. The number of likely N-dealkylation sites (N-methyl/N-ethyl adjacent to an activating group) is 1. The van der Waals surface area contributed by atoms with E-state index in [1.54, 1.807) is 0 Å². The lowest BCUT2D eigenvalue weighted by Crippen LogP contribution is -2.42. The summed E-state index contributed by atoms with van der Waals surface area (Å²) < 4.78 is 0.917. The van der Waals surface area contributed by atoms with Crippen LogP contribution in [0.2, 0.25) is 0 Å². The van der Waals surface area contributed by atoms with Gasteiger partial charge in [0, 0.05) is 6.42 Å². The molecule has 0 saturated heterocycles. The molecule has 0 aromatic heterocycles. The van der Waals surface area contributed by atoms with Gasteiger partial charge < -0.3 is 20.2 Å². The van der Waals surface area contributed by atoms with Crippen molar-refractivity contribution in [2.75, 3.05) is 33.8 Å². The average Bonchev–Trinajstić information content (AvgIpc) is 2.35. The topological polar surface area (TPSA) is 87.5 Å². The van der Waals surface area contributed by atoms with Gasteiger partial charge in [0.15, 0.2) is 0 Å². The predicted molar refractivity (Wildman–Crippen MR) is 84.7 cm³/mol. The molecule has 0 rings (SSSR count). The molecule has 128 valence electrons. The Hall–Kier alpha value is -0.650. The van der Waals surface area contributed by atoms with Crippen LogP contribution < -0.4 is 0 Å². The smallest absolute Gasteiger partial charge is 0.303 e. The molecular formula is C16H35NO4. The molecule has 0 aromatic carbocycles. The Bertz CT molecular complexity index is 244. The fourth-order valence-corrected chi connectivity index (χ4v) is 2.44. The van der Waals surface area contributed by atoms with Crippen LogP contribution in [0, 0.1) is 0 Å². The van der Waals surface area contributed by atoms with Crippen molar-refractivity contribution < 1.29 is 25.0 Å². The number of aliphatic hydroxyl groups is 1. The summed E-state index contributed by atoms with van der Waals surface area (Å²) in [5.41, 5.74) is 0. The SMILES string of the molecule is C[N+](C)(CCO)CCCCCCCCCCCC(=O)O.[OH-]. The van der Waals surface area contributed by atoms with E-state index in [9.17, 15) is 4.79 Å². The maximum Gasteiger partial charge on any atom is 0.303 e. The van der Waals surface area contributed by atoms with Crippen LogP contribution in [0.3, 0.4) is 0 Å². The molecule has 0 unspecified atom stereocenters. The van der Waals surface area contributed by atoms with Gasteiger partial charge in [-0.2, -0.15) is 0 Å². The van der Waals surface area contributed by atoms with Crippen molar-refractivity contribution in [1.82, 2.24) is 0 Å². The number of aliphatic carboxylic acids is 1. The van der Waals surface area contributed by atoms with Crippen LogP contribution >= 0.6 is 0 Å². The molecule has 0 spiro atoms. The van der Waals surface area contributed by atoms with Gasteiger partial charge in [0.2, 0.25) is 0 Å². The molecule has 0 radical (unpaired) electrons. The van der Waals surface area contributed by atoms with Crippen molar-refractivity contribution in [3.05, 3.63) is 0 Å². The summed E-state index contributed by atoms with van der Waals surface area (Å²) in [6.07, 6.45) is 11.0. The van der Waals surface area contributed by atoms with Gasteiger partial charge >= 0.3 is 5.97 Å². The highest BCUT2D eigenvalue weighted by molar-refractivity contribution is 5.66. The molecule has 0 aromatic rings. The number of hydrogen-bond donors (Lipinski definition) is 2. The zero-order chi connectivity index (χ0) is 15.3. The normalized spacial score (nSPS) is 11.2. The second-order valence-electron chi connectivity index (χ2n) is 6.43. The molecule has 0 aliphatic rings. The van der Waals surface area contributed by atoms with Crippen molar-refractivity contribution in [1.29, 1.82) is 0 Å². The summed E-state index contributed by atoms with van der Waals surface area (Å²) in [5, 5.41) is 17.5. The molecule has 0 fully saturated rings. The molecule has 0 amide bonds. The lowest BCUT2D eigenvalue weighted by atomic mass is 10.1. The molecule has 5 heteroatoms. The average molecular weight is 305 g/mol. The van der Waals surface area contributed by atoms with Crippen LogP contribution in [0.4, 0.5) is 0 Å². The van der Waals surface area contributed by atoms with Gasteiger partial charge in [-0.1, -0.05) is 38.5 Å². The molecule has 0 aliphatic heterocycles. The molecule has 0 atom stereocenters. The largest absolute Gasteiger partial charge is 0.870 e. The Labute approximate surface area is 129 Å². The third kappa shape index (κ3) is 17.3. The van der Waals surface area contributed by atoms with Gasteiger partial charge in [0.05, 0.1) is 27.2 Å². The summed E-state index contributed by atoms with van der Waals surface area (Å²) in [6, 6.07) is 0. The van der Waals surface area contributed by atoms with Crippen molar-refractivity contribution in [2.45, 2.75) is 64.2 Å². The highest BCUT2D eigenvalue weighted by atomic mass is 16.4. The quantitative estimate of drug-likeness (QED) is 0.381. The Kier molecular flexibility index (Phi) is 15.4. The summed E-state index contributed by atoms with van der Waals surface area (Å²) >= 11 is 0. The fraction of sp³-hybridized carbons (Fsp3) is 0.938. The second-order valence-corrected chi connectivity index (χ2v) is 6.43. The monoisotopic (exact) mass is 305 g/mol. The zero-order valence-electron chi connectivity index (χ0n) is 13.9. The first kappa shape index (κ1) is 22.6. The van der Waals surface area contributed by atoms with Crippen LogP contribution in [0.5, 0.6) is 0 Å². The van der Waals surface area contributed by atoms with E-state index in [1.165, 1.54) is 44.9 Å². The minimum atomic E-state index is -0.674. The van der Waals surface area contributed by atoms with Crippen LogP contribution in [0.25, 0.3) is 0 Å². The Balaban J connectivity index is 0. The predicted octanol–water partition coefficient (Wildman–Crippen LogP) is 2.86. The van der Waals surface area contributed by atoms with Gasteiger partial charge in [-0.3, -0.25) is 4.79 Å². The first-order valence-electron chi connectivity index (χ1n) is 8.12. The second kappa shape index (κ2) is 14.3. The van der Waals surface area contributed by atoms with Crippen LogP contribution in [0.15, 0.2) is 0 Å². The number of carboxylic acids is 1. The van der Waals surface area contributed by atoms with Crippen molar-refractivity contribution in [2.24, 2.45) is 0 Å². The third-order valence-corrected chi connectivity index (χ3v) is 3.86. The van der Waals surface area contributed by atoms with E-state index in [4.69, 9.17) is 10.2 Å². The minimum Gasteiger partial charge on any atom is -0.870 e. The molecule has 5 nitrogen and oxygen atoms in total. The minimum absolute atomic E-state index is 0. The number of rotatable bonds is 14. The molecular weight excluding hydrogens is 270 g/mol. The Morgan fingerprint density at radius 3 is 1.67 bits per heavy atom. The van der Waals surface area contributed by atoms with E-state index in [0.717, 1.165) is 30.4 Å². The molecule has 0 aliphatic carbocycles. The summed E-state index contributed by atoms with van der Waals surface area (Å²) in [4.78, 5) is 10.3. The highest BCUT2D eigenvalue weighted by Crippen LogP contribution is 2.11. The fourth-order valence-electron chi connectivity index (χ4n) is 2.44. The van der Waals surface area contributed by atoms with Crippen molar-refractivity contribution in [3.8, 4) is 0 Å². The number of unbranched alkanes of at least 4 members (excludes halogenated alkanes) is 8. The lowest BCUT2D eigenvalue weighted by molar-refractivity contribution is -0.890. The van der Waals surface area contributed by atoms with Gasteiger partial charge in [-0.05, 0) is 19.3 Å². The molecule has 0 saturated carbocycles. The summed E-state index contributed by atoms with van der Waals surface area (Å²) in [6.45, 7) is 2.26. The summed E-state index contributed by atoms with van der Waals surface area (Å²) in [5.74, 6) is -0.674. The van der Waals surface area contributed by atoms with Crippen LogP contribution in [-0.2, 0) is 4.79 Å². The van der Waals surface area contributed by atoms with Gasteiger partial charge in [-0.25, -0.2) is 0 Å². The zero-order valence-corrected chi connectivity index (χ0v) is 13.9. The van der Waals surface area contributed by atoms with E-state index < -0.39 is 5.97 Å².